The minimum absolute atomic E-state index is 0.0196. The fourth-order valence-electron chi connectivity index (χ4n) is 4.99. The van der Waals surface area contributed by atoms with E-state index in [0.717, 1.165) is 5.56 Å². The molecular formula is C27H24F4N6O3. The number of pyridine rings is 1. The van der Waals surface area contributed by atoms with Crippen molar-refractivity contribution in [3.05, 3.63) is 66.1 Å². The Bertz CT molecular complexity index is 1610. The molecule has 0 spiro atoms. The van der Waals surface area contributed by atoms with Crippen molar-refractivity contribution < 1.29 is 31.8 Å². The number of ether oxygens (including phenoxy) is 3. The molecule has 5 heterocycles. The van der Waals surface area contributed by atoms with Gasteiger partial charge in [-0.25, -0.2) is 18.4 Å². The maximum absolute atomic E-state index is 14.5. The molecule has 0 unspecified atom stereocenters. The SMILES string of the molecule is CO[C@@H]1COc2c(-c3nc4n(Cc5ccccc5)cccc-4c3-c3cn(C)nc3OC(F)F)c(C(F)F)nn2C1. The van der Waals surface area contributed by atoms with E-state index < -0.39 is 18.7 Å². The van der Waals surface area contributed by atoms with Crippen molar-refractivity contribution in [2.45, 2.75) is 32.2 Å². The number of aromatic nitrogens is 6. The van der Waals surface area contributed by atoms with E-state index in [1.54, 1.807) is 19.2 Å². The van der Waals surface area contributed by atoms with Crippen LogP contribution in [0.15, 0.2) is 54.9 Å². The average Bonchev–Trinajstić information content (AvgIpc) is 3.61. The van der Waals surface area contributed by atoms with Crippen LogP contribution in [0.4, 0.5) is 17.6 Å². The molecule has 0 aliphatic carbocycles. The molecule has 0 radical (unpaired) electrons. The molecule has 3 aliphatic rings. The summed E-state index contributed by atoms with van der Waals surface area (Å²) in [5, 5.41) is 8.19. The van der Waals surface area contributed by atoms with Crippen LogP contribution in [0.1, 0.15) is 17.7 Å². The Morgan fingerprint density at radius 3 is 2.55 bits per heavy atom. The summed E-state index contributed by atoms with van der Waals surface area (Å²) in [5.41, 5.74) is 1.53. The number of fused-ring (bicyclic) bond motifs is 2. The van der Waals surface area contributed by atoms with Crippen LogP contribution < -0.4 is 9.47 Å². The fraction of sp³-hybridized carbons (Fsp3) is 0.296. The summed E-state index contributed by atoms with van der Waals surface area (Å²) in [5.74, 6) is 0.197. The largest absolute Gasteiger partial charge is 0.474 e. The normalized spacial score (nSPS) is 15.2. The molecule has 0 saturated heterocycles. The molecular weight excluding hydrogens is 532 g/mol. The lowest BCUT2D eigenvalue weighted by molar-refractivity contribution is -0.0527. The van der Waals surface area contributed by atoms with E-state index in [4.69, 9.17) is 19.2 Å². The number of halogens is 4. The zero-order valence-corrected chi connectivity index (χ0v) is 21.5. The predicted octanol–water partition coefficient (Wildman–Crippen LogP) is 5.25. The number of aryl methyl sites for hydroxylation is 1. The van der Waals surface area contributed by atoms with Crippen molar-refractivity contribution in [2.75, 3.05) is 13.7 Å². The lowest BCUT2D eigenvalue weighted by Crippen LogP contribution is -2.31. The van der Waals surface area contributed by atoms with Crippen LogP contribution in [0, 0.1) is 0 Å². The number of alkyl halides is 4. The van der Waals surface area contributed by atoms with Crippen LogP contribution in [-0.4, -0.2) is 55.5 Å². The van der Waals surface area contributed by atoms with E-state index in [1.165, 1.54) is 22.7 Å². The zero-order chi connectivity index (χ0) is 28.0. The summed E-state index contributed by atoms with van der Waals surface area (Å²) in [4.78, 5) is 4.83. The van der Waals surface area contributed by atoms with Gasteiger partial charge in [-0.3, -0.25) is 4.68 Å². The third-order valence-electron chi connectivity index (χ3n) is 6.72. The lowest BCUT2D eigenvalue weighted by Gasteiger charge is -2.23. The van der Waals surface area contributed by atoms with E-state index in [1.807, 2.05) is 41.1 Å². The van der Waals surface area contributed by atoms with Crippen molar-refractivity contribution >= 4 is 0 Å². The highest BCUT2D eigenvalue weighted by atomic mass is 19.3. The Morgan fingerprint density at radius 2 is 1.82 bits per heavy atom. The second-order valence-electron chi connectivity index (χ2n) is 9.31. The molecule has 0 saturated carbocycles. The van der Waals surface area contributed by atoms with Crippen LogP contribution in [0.5, 0.6) is 11.8 Å². The molecule has 208 valence electrons. The van der Waals surface area contributed by atoms with Crippen molar-refractivity contribution in [1.29, 1.82) is 0 Å². The third kappa shape index (κ3) is 4.55. The molecule has 13 heteroatoms. The molecule has 6 rings (SSSR count). The lowest BCUT2D eigenvalue weighted by atomic mass is 9.98. The van der Waals surface area contributed by atoms with Gasteiger partial charge in [-0.05, 0) is 17.7 Å². The number of hydrogen-bond donors (Lipinski definition) is 0. The summed E-state index contributed by atoms with van der Waals surface area (Å²) in [6.45, 7) is -2.40. The van der Waals surface area contributed by atoms with Gasteiger partial charge in [-0.2, -0.15) is 13.9 Å². The maximum Gasteiger partial charge on any atom is 0.388 e. The average molecular weight is 557 g/mol. The van der Waals surface area contributed by atoms with E-state index in [0.29, 0.717) is 23.5 Å². The fourth-order valence-corrected chi connectivity index (χ4v) is 4.99. The smallest absolute Gasteiger partial charge is 0.388 e. The predicted molar refractivity (Wildman–Crippen MR) is 136 cm³/mol. The van der Waals surface area contributed by atoms with Gasteiger partial charge in [0.15, 0.2) is 0 Å². The third-order valence-corrected chi connectivity index (χ3v) is 6.72. The monoisotopic (exact) mass is 556 g/mol. The first-order valence-corrected chi connectivity index (χ1v) is 12.4. The highest BCUT2D eigenvalue weighted by Gasteiger charge is 2.36. The van der Waals surface area contributed by atoms with Gasteiger partial charge in [-0.15, -0.1) is 5.10 Å². The standard InChI is InChI=1S/C27H24F4N6O3/c1-35-13-18(25(34-35)40-27(30)31)19-17-9-6-10-36(11-15-7-4-3-5-8-15)24(17)32-21(19)20-22(23(28)29)33-37-12-16(38-2)14-39-26(20)37/h3-10,13,16,23,27H,11-12,14H2,1-2H3/t16-/m0/s1. The highest BCUT2D eigenvalue weighted by Crippen LogP contribution is 2.49. The van der Waals surface area contributed by atoms with Gasteiger partial charge in [0.05, 0.1) is 23.4 Å². The van der Waals surface area contributed by atoms with Crippen LogP contribution in [0.25, 0.3) is 33.8 Å². The van der Waals surface area contributed by atoms with E-state index >= 15 is 0 Å². The second-order valence-corrected chi connectivity index (χ2v) is 9.31. The molecule has 9 nitrogen and oxygen atoms in total. The molecule has 0 fully saturated rings. The summed E-state index contributed by atoms with van der Waals surface area (Å²) in [6, 6.07) is 13.2. The van der Waals surface area contributed by atoms with E-state index in [9.17, 15) is 17.6 Å². The molecule has 3 aromatic rings. The first kappa shape index (κ1) is 25.9. The topological polar surface area (TPSA) is 81.2 Å². The second kappa shape index (κ2) is 10.3. The van der Waals surface area contributed by atoms with Gasteiger partial charge in [-0.1, -0.05) is 30.3 Å². The minimum atomic E-state index is -3.15. The molecule has 0 amide bonds. The molecule has 0 bridgehead atoms. The summed E-state index contributed by atoms with van der Waals surface area (Å²) in [7, 11) is 3.05. The molecule has 3 aliphatic heterocycles. The van der Waals surface area contributed by atoms with Crippen LogP contribution >= 0.6 is 0 Å². The summed E-state index contributed by atoms with van der Waals surface area (Å²) in [6.07, 6.45) is -0.0371. The van der Waals surface area contributed by atoms with Crippen molar-refractivity contribution in [3.8, 4) is 45.5 Å². The minimum Gasteiger partial charge on any atom is -0.474 e. The summed E-state index contributed by atoms with van der Waals surface area (Å²) >= 11 is 0. The molecule has 1 aromatic carbocycles. The van der Waals surface area contributed by atoms with Gasteiger partial charge in [0, 0.05) is 44.2 Å². The molecule has 1 atom stereocenters. The van der Waals surface area contributed by atoms with Gasteiger partial charge in [0.1, 0.15) is 24.2 Å². The number of hydrogen-bond acceptors (Lipinski definition) is 6. The molecule has 2 aromatic heterocycles. The van der Waals surface area contributed by atoms with E-state index in [2.05, 4.69) is 10.2 Å². The maximum atomic E-state index is 14.5. The van der Waals surface area contributed by atoms with Crippen LogP contribution in [-0.2, 0) is 24.9 Å². The van der Waals surface area contributed by atoms with E-state index in [-0.39, 0.29) is 47.8 Å². The molecule has 40 heavy (non-hydrogen) atoms. The number of benzene rings is 1. The Morgan fingerprint density at radius 1 is 1.02 bits per heavy atom. The Labute approximate surface area is 225 Å². The number of nitrogens with zero attached hydrogens (tertiary/aromatic N) is 6. The Kier molecular flexibility index (Phi) is 6.66. The van der Waals surface area contributed by atoms with Crippen molar-refractivity contribution in [3.63, 3.8) is 0 Å². The Hall–Kier alpha value is -4.39. The van der Waals surface area contributed by atoms with Gasteiger partial charge < -0.3 is 18.8 Å². The number of methoxy groups -OCH3 is 1. The van der Waals surface area contributed by atoms with Gasteiger partial charge in [0.25, 0.3) is 6.43 Å². The first-order valence-electron chi connectivity index (χ1n) is 12.4. The first-order chi connectivity index (χ1) is 19.3. The Balaban J connectivity index is 1.62. The summed E-state index contributed by atoms with van der Waals surface area (Å²) < 4.78 is 76.1. The molecule has 0 N–H and O–H groups in total. The van der Waals surface area contributed by atoms with Crippen molar-refractivity contribution in [2.24, 2.45) is 7.05 Å². The van der Waals surface area contributed by atoms with Crippen molar-refractivity contribution in [1.82, 2.24) is 29.1 Å². The van der Waals surface area contributed by atoms with Crippen LogP contribution in [0.3, 0.4) is 0 Å². The van der Waals surface area contributed by atoms with Gasteiger partial charge in [0.2, 0.25) is 11.8 Å². The van der Waals surface area contributed by atoms with Crippen LogP contribution in [0.2, 0.25) is 0 Å². The quantitative estimate of drug-likeness (QED) is 0.243. The van der Waals surface area contributed by atoms with Gasteiger partial charge >= 0.3 is 6.61 Å². The number of rotatable bonds is 8. The zero-order valence-electron chi connectivity index (χ0n) is 21.5. The highest BCUT2D eigenvalue weighted by molar-refractivity contribution is 5.97.